The molecule has 0 atom stereocenters. The fraction of sp³-hybridized carbons (Fsp3) is 0. The number of phenols is 2. The zero-order valence-electron chi connectivity index (χ0n) is 8.11. The van der Waals surface area contributed by atoms with Crippen LogP contribution in [0.5, 0.6) is 11.5 Å². The summed E-state index contributed by atoms with van der Waals surface area (Å²) in [5.74, 6) is -1.05. The number of hydrogen-bond acceptors (Lipinski definition) is 2. The second-order valence-electron chi connectivity index (χ2n) is 3.27. The van der Waals surface area contributed by atoms with Gasteiger partial charge in [0.05, 0.1) is 10.6 Å². The van der Waals surface area contributed by atoms with E-state index in [2.05, 4.69) is 0 Å². The lowest BCUT2D eigenvalue weighted by atomic mass is 10.0. The molecule has 16 heavy (non-hydrogen) atoms. The summed E-state index contributed by atoms with van der Waals surface area (Å²) in [6.45, 7) is 0. The number of benzene rings is 2. The van der Waals surface area contributed by atoms with Crippen molar-refractivity contribution in [3.05, 3.63) is 47.2 Å². The van der Waals surface area contributed by atoms with Gasteiger partial charge in [0.2, 0.25) is 0 Å². The topological polar surface area (TPSA) is 40.5 Å². The molecule has 2 aromatic carbocycles. The average Bonchev–Trinajstić information content (AvgIpc) is 2.24. The summed E-state index contributed by atoms with van der Waals surface area (Å²) in [4.78, 5) is 0. The molecule has 82 valence electrons. The summed E-state index contributed by atoms with van der Waals surface area (Å²) in [5.41, 5.74) is 0.116. The van der Waals surface area contributed by atoms with Crippen molar-refractivity contribution in [3.8, 4) is 22.6 Å². The van der Waals surface area contributed by atoms with E-state index in [1.165, 1.54) is 30.3 Å². The Hall–Kier alpha value is -1.74. The first-order valence-electron chi connectivity index (χ1n) is 4.56. The molecule has 2 aromatic rings. The smallest absolute Gasteiger partial charge is 0.149 e. The summed E-state index contributed by atoms with van der Waals surface area (Å²) in [6, 6.07) is 8.60. The van der Waals surface area contributed by atoms with Crippen LogP contribution in [-0.2, 0) is 0 Å². The van der Waals surface area contributed by atoms with Crippen LogP contribution in [0.1, 0.15) is 0 Å². The van der Waals surface area contributed by atoms with Crippen LogP contribution in [0.3, 0.4) is 0 Å². The van der Waals surface area contributed by atoms with Gasteiger partial charge in [0.15, 0.2) is 0 Å². The molecule has 0 spiro atoms. The van der Waals surface area contributed by atoms with Gasteiger partial charge in [0.1, 0.15) is 17.3 Å². The molecule has 4 heteroatoms. The van der Waals surface area contributed by atoms with Gasteiger partial charge in [-0.3, -0.25) is 0 Å². The molecule has 0 amide bonds. The summed E-state index contributed by atoms with van der Waals surface area (Å²) in [7, 11) is 0. The SMILES string of the molecule is Oc1cccc(O)c1-c1cccc(Cl)c1F. The van der Waals surface area contributed by atoms with Crippen molar-refractivity contribution in [1.29, 1.82) is 0 Å². The highest BCUT2D eigenvalue weighted by atomic mass is 35.5. The quantitative estimate of drug-likeness (QED) is 0.798. The van der Waals surface area contributed by atoms with Crippen molar-refractivity contribution in [3.63, 3.8) is 0 Å². The first kappa shape index (κ1) is 10.8. The van der Waals surface area contributed by atoms with Crippen LogP contribution in [0.25, 0.3) is 11.1 Å². The maximum absolute atomic E-state index is 13.7. The molecule has 2 rings (SSSR count). The summed E-state index contributed by atoms with van der Waals surface area (Å²) < 4.78 is 13.7. The minimum atomic E-state index is -0.666. The van der Waals surface area contributed by atoms with Crippen molar-refractivity contribution in [2.45, 2.75) is 0 Å². The van der Waals surface area contributed by atoms with Crippen LogP contribution in [0.4, 0.5) is 4.39 Å². The third-order valence-electron chi connectivity index (χ3n) is 2.24. The summed E-state index contributed by atoms with van der Waals surface area (Å²) in [6.07, 6.45) is 0. The Morgan fingerprint density at radius 1 is 0.938 bits per heavy atom. The van der Waals surface area contributed by atoms with E-state index in [0.717, 1.165) is 0 Å². The van der Waals surface area contributed by atoms with Crippen molar-refractivity contribution >= 4 is 11.6 Å². The van der Waals surface area contributed by atoms with E-state index >= 15 is 0 Å². The molecule has 0 saturated carbocycles. The third-order valence-corrected chi connectivity index (χ3v) is 2.53. The molecule has 0 aromatic heterocycles. The monoisotopic (exact) mass is 238 g/mol. The Balaban J connectivity index is 2.73. The molecule has 0 heterocycles. The molecule has 2 nitrogen and oxygen atoms in total. The van der Waals surface area contributed by atoms with Crippen LogP contribution < -0.4 is 0 Å². The maximum atomic E-state index is 13.7. The highest BCUT2D eigenvalue weighted by Gasteiger charge is 2.15. The first-order chi connectivity index (χ1) is 7.61. The van der Waals surface area contributed by atoms with Crippen LogP contribution >= 0.6 is 11.6 Å². The molecule has 0 aliphatic heterocycles. The molecule has 0 aliphatic rings. The third kappa shape index (κ3) is 1.70. The van der Waals surface area contributed by atoms with Crippen molar-refractivity contribution in [2.24, 2.45) is 0 Å². The van der Waals surface area contributed by atoms with Gasteiger partial charge in [-0.25, -0.2) is 4.39 Å². The number of aromatic hydroxyl groups is 2. The van der Waals surface area contributed by atoms with E-state index < -0.39 is 5.82 Å². The van der Waals surface area contributed by atoms with Crippen molar-refractivity contribution < 1.29 is 14.6 Å². The summed E-state index contributed by atoms with van der Waals surface area (Å²) in [5, 5.41) is 19.1. The minimum Gasteiger partial charge on any atom is -0.507 e. The fourth-order valence-electron chi connectivity index (χ4n) is 1.50. The number of rotatable bonds is 1. The van der Waals surface area contributed by atoms with E-state index in [-0.39, 0.29) is 27.6 Å². The lowest BCUT2D eigenvalue weighted by Gasteiger charge is -2.08. The molecular weight excluding hydrogens is 231 g/mol. The Morgan fingerprint density at radius 3 is 2.12 bits per heavy atom. The Bertz CT molecular complexity index is 520. The maximum Gasteiger partial charge on any atom is 0.149 e. The second-order valence-corrected chi connectivity index (χ2v) is 3.68. The number of phenolic OH excluding ortho intramolecular Hbond substituents is 2. The molecule has 0 bridgehead atoms. The molecular formula is C12H8ClFO2. The molecule has 0 aliphatic carbocycles. The lowest BCUT2D eigenvalue weighted by molar-refractivity contribution is 0.453. The van der Waals surface area contributed by atoms with Crippen LogP contribution in [0.15, 0.2) is 36.4 Å². The van der Waals surface area contributed by atoms with Crippen molar-refractivity contribution in [1.82, 2.24) is 0 Å². The lowest BCUT2D eigenvalue weighted by Crippen LogP contribution is -1.86. The molecule has 0 radical (unpaired) electrons. The van der Waals surface area contributed by atoms with Crippen LogP contribution in [0.2, 0.25) is 5.02 Å². The highest BCUT2D eigenvalue weighted by Crippen LogP contribution is 2.39. The number of hydrogen-bond donors (Lipinski definition) is 2. The first-order valence-corrected chi connectivity index (χ1v) is 4.94. The standard InChI is InChI=1S/C12H8ClFO2/c13-8-4-1-3-7(12(8)14)11-9(15)5-2-6-10(11)16/h1-6,15-16H. The predicted molar refractivity (Wildman–Crippen MR) is 60.2 cm³/mol. The van der Waals surface area contributed by atoms with Gasteiger partial charge in [-0.15, -0.1) is 0 Å². The Kier molecular flexibility index (Phi) is 2.71. The molecule has 0 unspecified atom stereocenters. The predicted octanol–water partition coefficient (Wildman–Crippen LogP) is 3.56. The zero-order valence-corrected chi connectivity index (χ0v) is 8.87. The molecule has 0 fully saturated rings. The molecule has 0 saturated heterocycles. The Morgan fingerprint density at radius 2 is 1.50 bits per heavy atom. The van der Waals surface area contributed by atoms with E-state index in [4.69, 9.17) is 11.6 Å². The fourth-order valence-corrected chi connectivity index (χ4v) is 1.68. The van der Waals surface area contributed by atoms with E-state index in [1.54, 1.807) is 6.07 Å². The molecule has 2 N–H and O–H groups in total. The Labute approximate surface area is 96.5 Å². The highest BCUT2D eigenvalue weighted by molar-refractivity contribution is 6.31. The van der Waals surface area contributed by atoms with Gasteiger partial charge in [0, 0.05) is 5.56 Å². The number of halogens is 2. The van der Waals surface area contributed by atoms with Crippen LogP contribution in [0, 0.1) is 5.82 Å². The minimum absolute atomic E-state index is 0.0440. The average molecular weight is 239 g/mol. The van der Waals surface area contributed by atoms with Gasteiger partial charge in [0.25, 0.3) is 0 Å². The normalized spacial score (nSPS) is 10.4. The van der Waals surface area contributed by atoms with Gasteiger partial charge in [-0.1, -0.05) is 29.8 Å². The van der Waals surface area contributed by atoms with E-state index in [0.29, 0.717) is 0 Å². The zero-order chi connectivity index (χ0) is 11.7. The van der Waals surface area contributed by atoms with Crippen molar-refractivity contribution in [2.75, 3.05) is 0 Å². The van der Waals surface area contributed by atoms with Gasteiger partial charge in [-0.2, -0.15) is 0 Å². The largest absolute Gasteiger partial charge is 0.507 e. The van der Waals surface area contributed by atoms with Gasteiger partial charge >= 0.3 is 0 Å². The van der Waals surface area contributed by atoms with Crippen LogP contribution in [-0.4, -0.2) is 10.2 Å². The summed E-state index contributed by atoms with van der Waals surface area (Å²) >= 11 is 5.63. The second kappa shape index (κ2) is 4.02. The van der Waals surface area contributed by atoms with Gasteiger partial charge < -0.3 is 10.2 Å². The van der Waals surface area contributed by atoms with Gasteiger partial charge in [-0.05, 0) is 18.2 Å². The van der Waals surface area contributed by atoms with E-state index in [9.17, 15) is 14.6 Å². The van der Waals surface area contributed by atoms with E-state index in [1.807, 2.05) is 0 Å².